The molecule has 0 aliphatic heterocycles. The van der Waals surface area contributed by atoms with Crippen LogP contribution in [0.4, 0.5) is 15.2 Å². The van der Waals surface area contributed by atoms with Crippen molar-refractivity contribution in [2.45, 2.75) is 6.42 Å². The number of anilines is 2. The first-order valence-corrected chi connectivity index (χ1v) is 8.77. The average Bonchev–Trinajstić information content (AvgIpc) is 3.03. The van der Waals surface area contributed by atoms with Crippen LogP contribution >= 0.6 is 22.9 Å². The van der Waals surface area contributed by atoms with Gasteiger partial charge < -0.3 is 10.6 Å². The molecule has 0 fully saturated rings. The average molecular weight is 376 g/mol. The van der Waals surface area contributed by atoms with E-state index in [0.717, 1.165) is 10.4 Å². The Morgan fingerprint density at radius 2 is 1.92 bits per heavy atom. The molecular weight excluding hydrogens is 361 g/mol. The minimum absolute atomic E-state index is 0.0745. The minimum atomic E-state index is -0.316. The molecule has 4 nitrogen and oxygen atoms in total. The fraction of sp³-hybridized carbons (Fsp3) is 0.111. The highest BCUT2D eigenvalue weighted by Crippen LogP contribution is 2.24. The molecule has 3 aromatic rings. The zero-order chi connectivity index (χ0) is 17.6. The number of carbonyl (C=O) groups excluding carboxylic acids is 1. The van der Waals surface area contributed by atoms with E-state index in [-0.39, 0.29) is 18.3 Å². The van der Waals surface area contributed by atoms with Crippen molar-refractivity contribution in [2.75, 3.05) is 17.2 Å². The van der Waals surface area contributed by atoms with Gasteiger partial charge in [0.1, 0.15) is 5.82 Å². The number of hydrogen-bond donors (Lipinski definition) is 2. The largest absolute Gasteiger partial charge is 0.376 e. The normalized spacial score (nSPS) is 10.5. The fourth-order valence-corrected chi connectivity index (χ4v) is 3.24. The summed E-state index contributed by atoms with van der Waals surface area (Å²) >= 11 is 7.57. The van der Waals surface area contributed by atoms with E-state index < -0.39 is 0 Å². The van der Waals surface area contributed by atoms with Crippen LogP contribution < -0.4 is 10.6 Å². The minimum Gasteiger partial charge on any atom is -0.376 e. The number of rotatable bonds is 6. The van der Waals surface area contributed by atoms with Crippen LogP contribution in [0.1, 0.15) is 10.4 Å². The van der Waals surface area contributed by atoms with Gasteiger partial charge in [0.2, 0.25) is 5.91 Å². The van der Waals surface area contributed by atoms with E-state index in [1.807, 2.05) is 24.3 Å². The van der Waals surface area contributed by atoms with E-state index in [1.165, 1.54) is 23.5 Å². The van der Waals surface area contributed by atoms with E-state index >= 15 is 0 Å². The molecule has 0 spiro atoms. The molecule has 2 aromatic carbocycles. The summed E-state index contributed by atoms with van der Waals surface area (Å²) in [5.41, 5.74) is 1.69. The lowest BCUT2D eigenvalue weighted by atomic mass is 10.1. The molecule has 0 atom stereocenters. The van der Waals surface area contributed by atoms with Gasteiger partial charge in [0.05, 0.1) is 6.54 Å². The first-order valence-electron chi connectivity index (χ1n) is 7.57. The van der Waals surface area contributed by atoms with Crippen LogP contribution in [0.15, 0.2) is 54.7 Å². The lowest BCUT2D eigenvalue weighted by molar-refractivity contribution is -0.114. The van der Waals surface area contributed by atoms with E-state index in [1.54, 1.807) is 18.3 Å². The number of benzene rings is 2. The Kier molecular flexibility index (Phi) is 5.63. The third-order valence-corrected chi connectivity index (χ3v) is 4.70. The predicted octanol–water partition coefficient (Wildman–Crippen LogP) is 4.58. The molecule has 7 heteroatoms. The SMILES string of the molecule is O=C(CNc1ccc(F)cc1)Nc1ncc(Cc2ccccc2Cl)s1. The highest BCUT2D eigenvalue weighted by Gasteiger charge is 2.08. The van der Waals surface area contributed by atoms with Crippen molar-refractivity contribution in [1.82, 2.24) is 4.98 Å². The molecule has 0 saturated heterocycles. The van der Waals surface area contributed by atoms with Crippen molar-refractivity contribution in [3.63, 3.8) is 0 Å². The number of carbonyl (C=O) groups is 1. The zero-order valence-electron chi connectivity index (χ0n) is 13.1. The lowest BCUT2D eigenvalue weighted by Crippen LogP contribution is -2.21. The number of amides is 1. The molecule has 128 valence electrons. The summed E-state index contributed by atoms with van der Waals surface area (Å²) in [6, 6.07) is 13.5. The van der Waals surface area contributed by atoms with E-state index in [9.17, 15) is 9.18 Å². The maximum absolute atomic E-state index is 12.8. The summed E-state index contributed by atoms with van der Waals surface area (Å²) in [4.78, 5) is 17.2. The van der Waals surface area contributed by atoms with Crippen LogP contribution in [-0.2, 0) is 11.2 Å². The topological polar surface area (TPSA) is 54.0 Å². The van der Waals surface area contributed by atoms with E-state index in [0.29, 0.717) is 22.3 Å². The van der Waals surface area contributed by atoms with Crippen molar-refractivity contribution >= 4 is 39.7 Å². The Morgan fingerprint density at radius 1 is 1.16 bits per heavy atom. The van der Waals surface area contributed by atoms with Crippen LogP contribution in [0.3, 0.4) is 0 Å². The Balaban J connectivity index is 1.53. The lowest BCUT2D eigenvalue weighted by Gasteiger charge is -2.05. The number of thiazole rings is 1. The molecule has 0 aliphatic carbocycles. The van der Waals surface area contributed by atoms with Crippen molar-refractivity contribution in [1.29, 1.82) is 0 Å². The van der Waals surface area contributed by atoms with Gasteiger partial charge in [-0.2, -0.15) is 0 Å². The maximum atomic E-state index is 12.8. The second kappa shape index (κ2) is 8.09. The van der Waals surface area contributed by atoms with Gasteiger partial charge in [0.15, 0.2) is 5.13 Å². The summed E-state index contributed by atoms with van der Waals surface area (Å²) < 4.78 is 12.8. The second-order valence-corrected chi connectivity index (χ2v) is 6.83. The number of halogens is 2. The van der Waals surface area contributed by atoms with Gasteiger partial charge in [-0.15, -0.1) is 11.3 Å². The number of nitrogens with one attached hydrogen (secondary N) is 2. The second-order valence-electron chi connectivity index (χ2n) is 5.31. The summed E-state index contributed by atoms with van der Waals surface area (Å²) in [5.74, 6) is -0.535. The smallest absolute Gasteiger partial charge is 0.245 e. The van der Waals surface area contributed by atoms with Crippen LogP contribution in [0.2, 0.25) is 5.02 Å². The van der Waals surface area contributed by atoms with Crippen LogP contribution in [0.25, 0.3) is 0 Å². The van der Waals surface area contributed by atoms with Gasteiger partial charge in [0.25, 0.3) is 0 Å². The highest BCUT2D eigenvalue weighted by atomic mass is 35.5. The predicted molar refractivity (Wildman–Crippen MR) is 99.9 cm³/mol. The molecule has 3 rings (SSSR count). The number of aromatic nitrogens is 1. The van der Waals surface area contributed by atoms with Crippen LogP contribution in [-0.4, -0.2) is 17.4 Å². The summed E-state index contributed by atoms with van der Waals surface area (Å²) in [5, 5.41) is 6.92. The Bertz CT molecular complexity index is 867. The summed E-state index contributed by atoms with van der Waals surface area (Å²) in [6.07, 6.45) is 2.40. The zero-order valence-corrected chi connectivity index (χ0v) is 14.7. The molecule has 25 heavy (non-hydrogen) atoms. The molecule has 0 unspecified atom stereocenters. The molecule has 2 N–H and O–H groups in total. The fourth-order valence-electron chi connectivity index (χ4n) is 2.19. The third-order valence-electron chi connectivity index (χ3n) is 3.42. The Hall–Kier alpha value is -2.44. The Morgan fingerprint density at radius 3 is 2.68 bits per heavy atom. The molecule has 0 aliphatic rings. The quantitative estimate of drug-likeness (QED) is 0.663. The van der Waals surface area contributed by atoms with Gasteiger partial charge in [-0.25, -0.2) is 9.37 Å². The van der Waals surface area contributed by atoms with Crippen molar-refractivity contribution in [3.8, 4) is 0 Å². The number of hydrogen-bond acceptors (Lipinski definition) is 4. The molecule has 0 bridgehead atoms. The van der Waals surface area contributed by atoms with E-state index in [4.69, 9.17) is 11.6 Å². The summed E-state index contributed by atoms with van der Waals surface area (Å²) in [6.45, 7) is 0.0745. The Labute approximate surface area is 153 Å². The molecular formula is C18H15ClFN3OS. The standard InChI is InChI=1S/C18H15ClFN3OS/c19-16-4-2-1-3-12(16)9-15-10-22-18(25-15)23-17(24)11-21-14-7-5-13(20)6-8-14/h1-8,10,21H,9,11H2,(H,22,23,24). The van der Waals surface area contributed by atoms with Gasteiger partial charge in [-0.3, -0.25) is 4.79 Å². The maximum Gasteiger partial charge on any atom is 0.245 e. The van der Waals surface area contributed by atoms with Gasteiger partial charge >= 0.3 is 0 Å². The van der Waals surface area contributed by atoms with Gasteiger partial charge in [-0.1, -0.05) is 29.8 Å². The van der Waals surface area contributed by atoms with Crippen molar-refractivity contribution in [3.05, 3.63) is 76.0 Å². The number of nitrogens with zero attached hydrogens (tertiary/aromatic N) is 1. The van der Waals surface area contributed by atoms with E-state index in [2.05, 4.69) is 15.6 Å². The van der Waals surface area contributed by atoms with Gasteiger partial charge in [-0.05, 0) is 35.9 Å². The van der Waals surface area contributed by atoms with Gasteiger partial charge in [0, 0.05) is 28.2 Å². The van der Waals surface area contributed by atoms with Crippen LogP contribution in [0.5, 0.6) is 0 Å². The highest BCUT2D eigenvalue weighted by molar-refractivity contribution is 7.15. The van der Waals surface area contributed by atoms with Crippen molar-refractivity contribution < 1.29 is 9.18 Å². The van der Waals surface area contributed by atoms with Crippen LogP contribution in [0, 0.1) is 5.82 Å². The first kappa shape index (κ1) is 17.4. The first-order chi connectivity index (χ1) is 12.1. The molecule has 1 aromatic heterocycles. The molecule has 0 radical (unpaired) electrons. The summed E-state index contributed by atoms with van der Waals surface area (Å²) in [7, 11) is 0. The third kappa shape index (κ3) is 5.01. The molecule has 1 amide bonds. The molecule has 1 heterocycles. The van der Waals surface area contributed by atoms with Crippen molar-refractivity contribution in [2.24, 2.45) is 0 Å². The molecule has 0 saturated carbocycles. The monoisotopic (exact) mass is 375 g/mol.